The van der Waals surface area contributed by atoms with Crippen molar-refractivity contribution in [2.75, 3.05) is 38.3 Å². The fourth-order valence-corrected chi connectivity index (χ4v) is 3.26. The van der Waals surface area contributed by atoms with Crippen molar-refractivity contribution in [1.82, 2.24) is 15.5 Å². The number of piperidine rings is 1. The van der Waals surface area contributed by atoms with Gasteiger partial charge in [0.2, 0.25) is 5.91 Å². The topological polar surface area (TPSA) is 76.6 Å². The maximum atomic E-state index is 12.1. The van der Waals surface area contributed by atoms with E-state index in [1.54, 1.807) is 7.11 Å². The van der Waals surface area contributed by atoms with Crippen LogP contribution in [0.2, 0.25) is 0 Å². The first kappa shape index (κ1) is 16.1. The third-order valence-corrected chi connectivity index (χ3v) is 4.56. The van der Waals surface area contributed by atoms with Gasteiger partial charge in [0, 0.05) is 26.7 Å². The molecule has 3 rings (SSSR count). The molecule has 23 heavy (non-hydrogen) atoms. The highest BCUT2D eigenvalue weighted by molar-refractivity contribution is 5.81. The third-order valence-electron chi connectivity index (χ3n) is 4.56. The number of hydrogen-bond donors (Lipinski definition) is 1. The number of aromatic nitrogens is 2. The molecule has 0 bridgehead atoms. The second kappa shape index (κ2) is 7.23. The Kier molecular flexibility index (Phi) is 5.07. The molecule has 0 aliphatic carbocycles. The van der Waals surface area contributed by atoms with Crippen molar-refractivity contribution >= 4 is 11.7 Å². The van der Waals surface area contributed by atoms with Gasteiger partial charge in [-0.3, -0.25) is 4.79 Å². The third kappa shape index (κ3) is 3.79. The Hall–Kier alpha value is -1.73. The smallest absolute Gasteiger partial charge is 0.249 e. The Balaban J connectivity index is 1.55. The number of aryl methyl sites for hydroxylation is 1. The van der Waals surface area contributed by atoms with E-state index in [4.69, 9.17) is 9.47 Å². The van der Waals surface area contributed by atoms with Crippen LogP contribution in [0, 0.1) is 12.8 Å². The number of carbonyl (C=O) groups excluding carboxylic acids is 1. The first-order valence-electron chi connectivity index (χ1n) is 8.14. The molecule has 0 saturated carbocycles. The number of nitrogens with one attached hydrogen (secondary N) is 1. The Morgan fingerprint density at radius 1 is 1.48 bits per heavy atom. The van der Waals surface area contributed by atoms with Crippen LogP contribution in [-0.2, 0) is 14.3 Å². The number of rotatable bonds is 5. The van der Waals surface area contributed by atoms with Crippen molar-refractivity contribution in [2.45, 2.75) is 32.0 Å². The van der Waals surface area contributed by atoms with Crippen LogP contribution < -0.4 is 10.2 Å². The first-order chi connectivity index (χ1) is 11.2. The number of carbonyl (C=O) groups is 1. The van der Waals surface area contributed by atoms with Gasteiger partial charge in [0.05, 0.1) is 18.4 Å². The van der Waals surface area contributed by atoms with Gasteiger partial charge in [-0.15, -0.1) is 5.10 Å². The average molecular weight is 320 g/mol. The standard InChI is InChI=1S/C16H24N4O3/c1-11-3-4-15(19-18-11)20-7-5-12-9-13(23-14(12)10-20)16(21)17-6-8-22-2/h3-4,12-14H,5-10H2,1-2H3,(H,17,21)/t12-,13+,14-/m0/s1. The van der Waals surface area contributed by atoms with Crippen molar-refractivity contribution < 1.29 is 14.3 Å². The molecular weight excluding hydrogens is 296 g/mol. The summed E-state index contributed by atoms with van der Waals surface area (Å²) in [6.45, 7) is 4.67. The summed E-state index contributed by atoms with van der Waals surface area (Å²) >= 11 is 0. The SMILES string of the molecule is COCCNC(=O)[C@H]1C[C@@H]2CCN(c3ccc(C)nn3)C[C@@H]2O1. The maximum absolute atomic E-state index is 12.1. The second-order valence-corrected chi connectivity index (χ2v) is 6.21. The highest BCUT2D eigenvalue weighted by atomic mass is 16.5. The molecular formula is C16H24N4O3. The molecule has 126 valence electrons. The maximum Gasteiger partial charge on any atom is 0.249 e. The van der Waals surface area contributed by atoms with E-state index in [1.165, 1.54) is 0 Å². The number of ether oxygens (including phenoxy) is 2. The summed E-state index contributed by atoms with van der Waals surface area (Å²) in [6.07, 6.45) is 1.56. The fraction of sp³-hybridized carbons (Fsp3) is 0.688. The normalized spacial score (nSPS) is 26.9. The van der Waals surface area contributed by atoms with Crippen LogP contribution >= 0.6 is 0 Å². The van der Waals surface area contributed by atoms with Crippen LogP contribution in [-0.4, -0.2) is 61.7 Å². The number of nitrogens with zero attached hydrogens (tertiary/aromatic N) is 3. The zero-order valence-electron chi connectivity index (χ0n) is 13.7. The van der Waals surface area contributed by atoms with Crippen molar-refractivity contribution in [3.05, 3.63) is 17.8 Å². The second-order valence-electron chi connectivity index (χ2n) is 6.21. The number of methoxy groups -OCH3 is 1. The molecule has 1 amide bonds. The van der Waals surface area contributed by atoms with Gasteiger partial charge in [-0.2, -0.15) is 5.10 Å². The van der Waals surface area contributed by atoms with Crippen molar-refractivity contribution in [3.8, 4) is 0 Å². The molecule has 7 heteroatoms. The van der Waals surface area contributed by atoms with Crippen LogP contribution in [0.3, 0.4) is 0 Å². The minimum absolute atomic E-state index is 0.0295. The highest BCUT2D eigenvalue weighted by Gasteiger charge is 2.42. The molecule has 1 aromatic rings. The van der Waals surface area contributed by atoms with E-state index in [9.17, 15) is 4.79 Å². The van der Waals surface area contributed by atoms with Gasteiger partial charge >= 0.3 is 0 Å². The van der Waals surface area contributed by atoms with Gasteiger partial charge in [-0.25, -0.2) is 0 Å². The minimum atomic E-state index is -0.342. The number of anilines is 1. The Labute approximate surface area is 136 Å². The van der Waals surface area contributed by atoms with E-state index in [0.717, 1.165) is 37.4 Å². The quantitative estimate of drug-likeness (QED) is 0.798. The largest absolute Gasteiger partial charge is 0.383 e. The Morgan fingerprint density at radius 3 is 3.09 bits per heavy atom. The van der Waals surface area contributed by atoms with Crippen LogP contribution in [0.1, 0.15) is 18.5 Å². The zero-order chi connectivity index (χ0) is 16.2. The highest BCUT2D eigenvalue weighted by Crippen LogP contribution is 2.34. The molecule has 2 fully saturated rings. The van der Waals surface area contributed by atoms with Crippen LogP contribution in [0.5, 0.6) is 0 Å². The molecule has 2 aliphatic heterocycles. The summed E-state index contributed by atoms with van der Waals surface area (Å²) in [5, 5.41) is 11.2. The Bertz CT molecular complexity index is 537. The van der Waals surface area contributed by atoms with Gasteiger partial charge < -0.3 is 19.7 Å². The zero-order valence-corrected chi connectivity index (χ0v) is 13.7. The van der Waals surface area contributed by atoms with E-state index >= 15 is 0 Å². The molecule has 0 aromatic carbocycles. The van der Waals surface area contributed by atoms with Gasteiger partial charge in [0.1, 0.15) is 6.10 Å². The summed E-state index contributed by atoms with van der Waals surface area (Å²) in [5.74, 6) is 1.30. The molecule has 0 unspecified atom stereocenters. The summed E-state index contributed by atoms with van der Waals surface area (Å²) in [7, 11) is 1.62. The van der Waals surface area contributed by atoms with Crippen LogP contribution in [0.25, 0.3) is 0 Å². The van der Waals surface area contributed by atoms with Gasteiger partial charge in [0.25, 0.3) is 0 Å². The summed E-state index contributed by atoms with van der Waals surface area (Å²) < 4.78 is 10.9. The molecule has 0 spiro atoms. The molecule has 1 N–H and O–H groups in total. The fourth-order valence-electron chi connectivity index (χ4n) is 3.26. The lowest BCUT2D eigenvalue weighted by Gasteiger charge is -2.34. The summed E-state index contributed by atoms with van der Waals surface area (Å²) in [4.78, 5) is 14.3. The van der Waals surface area contributed by atoms with E-state index in [0.29, 0.717) is 19.1 Å². The van der Waals surface area contributed by atoms with Gasteiger partial charge in [0.15, 0.2) is 5.82 Å². The lowest BCUT2D eigenvalue weighted by Crippen LogP contribution is -2.43. The molecule has 3 heterocycles. The molecule has 7 nitrogen and oxygen atoms in total. The minimum Gasteiger partial charge on any atom is -0.383 e. The van der Waals surface area contributed by atoms with E-state index < -0.39 is 0 Å². The van der Waals surface area contributed by atoms with Crippen molar-refractivity contribution in [2.24, 2.45) is 5.92 Å². The molecule has 0 radical (unpaired) electrons. The van der Waals surface area contributed by atoms with E-state index in [2.05, 4.69) is 20.4 Å². The number of amides is 1. The van der Waals surface area contributed by atoms with Crippen LogP contribution in [0.4, 0.5) is 5.82 Å². The van der Waals surface area contributed by atoms with Gasteiger partial charge in [-0.1, -0.05) is 0 Å². The molecule has 2 saturated heterocycles. The predicted molar refractivity (Wildman–Crippen MR) is 85.3 cm³/mol. The van der Waals surface area contributed by atoms with E-state index in [-0.39, 0.29) is 18.1 Å². The lowest BCUT2D eigenvalue weighted by atomic mass is 9.91. The van der Waals surface area contributed by atoms with Crippen molar-refractivity contribution in [3.63, 3.8) is 0 Å². The molecule has 2 aliphatic rings. The summed E-state index contributed by atoms with van der Waals surface area (Å²) in [5.41, 5.74) is 0.911. The van der Waals surface area contributed by atoms with Crippen molar-refractivity contribution in [1.29, 1.82) is 0 Å². The van der Waals surface area contributed by atoms with Crippen LogP contribution in [0.15, 0.2) is 12.1 Å². The first-order valence-corrected chi connectivity index (χ1v) is 8.14. The Morgan fingerprint density at radius 2 is 2.35 bits per heavy atom. The lowest BCUT2D eigenvalue weighted by molar-refractivity contribution is -0.132. The van der Waals surface area contributed by atoms with Gasteiger partial charge in [-0.05, 0) is 37.8 Å². The molecule has 1 aromatic heterocycles. The molecule has 3 atom stereocenters. The monoisotopic (exact) mass is 320 g/mol. The summed E-state index contributed by atoms with van der Waals surface area (Å²) in [6, 6.07) is 3.96. The number of hydrogen-bond acceptors (Lipinski definition) is 6. The predicted octanol–water partition coefficient (Wildman–Crippen LogP) is 0.531. The number of fused-ring (bicyclic) bond motifs is 1. The van der Waals surface area contributed by atoms with E-state index in [1.807, 2.05) is 19.1 Å². The average Bonchev–Trinajstić information content (AvgIpc) is 2.99.